The maximum atomic E-state index is 12.4. The molecule has 2 rings (SSSR count). The van der Waals surface area contributed by atoms with Gasteiger partial charge >= 0.3 is 5.97 Å². The number of carbonyl (C=O) groups is 2. The first-order valence-corrected chi connectivity index (χ1v) is 7.62. The average Bonchev–Trinajstić information content (AvgIpc) is 2.86. The van der Waals surface area contributed by atoms with Crippen LogP contribution in [0.25, 0.3) is 0 Å². The highest BCUT2D eigenvalue weighted by Crippen LogP contribution is 2.31. The molecule has 1 aromatic carbocycles. The van der Waals surface area contributed by atoms with Crippen LogP contribution in [0.15, 0.2) is 18.2 Å². The van der Waals surface area contributed by atoms with Gasteiger partial charge in [-0.05, 0) is 32.4 Å². The molecule has 0 bridgehead atoms. The third kappa shape index (κ3) is 3.47. The molecule has 1 aliphatic rings. The van der Waals surface area contributed by atoms with Crippen molar-refractivity contribution in [1.82, 2.24) is 4.90 Å². The topological polar surface area (TPSA) is 66.8 Å². The van der Waals surface area contributed by atoms with Gasteiger partial charge in [-0.25, -0.2) is 0 Å². The molecule has 1 aromatic rings. The third-order valence-corrected chi connectivity index (χ3v) is 4.59. The van der Waals surface area contributed by atoms with E-state index in [0.717, 1.165) is 0 Å². The number of aliphatic carboxylic acids is 1. The normalized spacial score (nSPS) is 22.5. The molecule has 1 fully saturated rings. The summed E-state index contributed by atoms with van der Waals surface area (Å²) in [6, 6.07) is 4.76. The maximum Gasteiger partial charge on any atom is 0.311 e. The van der Waals surface area contributed by atoms with Gasteiger partial charge in [0.1, 0.15) is 5.75 Å². The quantitative estimate of drug-likeness (QED) is 0.910. The number of amides is 1. The minimum atomic E-state index is -0.890. The molecule has 1 aliphatic heterocycles. The van der Waals surface area contributed by atoms with Crippen molar-refractivity contribution in [3.63, 3.8) is 0 Å². The fraction of sp³-hybridized carbons (Fsp3) is 0.467. The van der Waals surface area contributed by atoms with E-state index in [9.17, 15) is 14.7 Å². The SMILES string of the molecule is CC(Oc1ccc(Cl)c(Cl)c1)C(=O)N1CCC(C)(C(=O)O)C1. The smallest absolute Gasteiger partial charge is 0.311 e. The number of ether oxygens (including phenoxy) is 1. The lowest BCUT2D eigenvalue weighted by atomic mass is 9.90. The standard InChI is InChI=1S/C15H17Cl2NO4/c1-9(22-10-3-4-11(16)12(17)7-10)13(19)18-6-5-15(2,8-18)14(20)21/h3-4,7,9H,5-6,8H2,1-2H3,(H,20,21). The summed E-state index contributed by atoms with van der Waals surface area (Å²) < 4.78 is 5.57. The molecule has 0 radical (unpaired) electrons. The van der Waals surface area contributed by atoms with Gasteiger partial charge in [0.25, 0.3) is 5.91 Å². The molecule has 1 heterocycles. The first-order valence-electron chi connectivity index (χ1n) is 6.87. The van der Waals surface area contributed by atoms with Crippen LogP contribution in [0.2, 0.25) is 10.0 Å². The number of benzene rings is 1. The van der Waals surface area contributed by atoms with E-state index in [1.807, 2.05) is 0 Å². The lowest BCUT2D eigenvalue weighted by Gasteiger charge is -2.23. The van der Waals surface area contributed by atoms with E-state index in [0.29, 0.717) is 28.8 Å². The Morgan fingerprint density at radius 3 is 2.59 bits per heavy atom. The van der Waals surface area contributed by atoms with Crippen LogP contribution >= 0.6 is 23.2 Å². The predicted molar refractivity (Wildman–Crippen MR) is 83.5 cm³/mol. The minimum Gasteiger partial charge on any atom is -0.481 e. The number of carboxylic acid groups (broad SMARTS) is 1. The van der Waals surface area contributed by atoms with Gasteiger partial charge in [-0.15, -0.1) is 0 Å². The van der Waals surface area contributed by atoms with Crippen LogP contribution in [-0.4, -0.2) is 41.1 Å². The summed E-state index contributed by atoms with van der Waals surface area (Å²) in [6.45, 7) is 3.88. The summed E-state index contributed by atoms with van der Waals surface area (Å²) in [6.07, 6.45) is -0.290. The molecule has 1 N–H and O–H groups in total. The number of rotatable bonds is 4. The van der Waals surface area contributed by atoms with Crippen molar-refractivity contribution >= 4 is 35.1 Å². The van der Waals surface area contributed by atoms with Crippen LogP contribution < -0.4 is 4.74 Å². The van der Waals surface area contributed by atoms with E-state index >= 15 is 0 Å². The zero-order chi connectivity index (χ0) is 16.5. The van der Waals surface area contributed by atoms with Crippen molar-refractivity contribution in [3.8, 4) is 5.75 Å². The Kier molecular flexibility index (Phi) is 4.87. The van der Waals surface area contributed by atoms with E-state index in [4.69, 9.17) is 27.9 Å². The summed E-state index contributed by atoms with van der Waals surface area (Å²) in [5.41, 5.74) is -0.890. The Hall–Kier alpha value is -1.46. The first-order chi connectivity index (χ1) is 10.2. The van der Waals surface area contributed by atoms with Crippen LogP contribution in [0.4, 0.5) is 0 Å². The molecule has 0 saturated carbocycles. The van der Waals surface area contributed by atoms with Crippen LogP contribution in [-0.2, 0) is 9.59 Å². The molecule has 1 saturated heterocycles. The maximum absolute atomic E-state index is 12.4. The highest BCUT2D eigenvalue weighted by Gasteiger charge is 2.43. The van der Waals surface area contributed by atoms with Crippen LogP contribution in [0, 0.1) is 5.41 Å². The minimum absolute atomic E-state index is 0.191. The van der Waals surface area contributed by atoms with Gasteiger partial charge in [0.05, 0.1) is 15.5 Å². The number of hydrogen-bond donors (Lipinski definition) is 1. The van der Waals surface area contributed by atoms with Crippen LogP contribution in [0.5, 0.6) is 5.75 Å². The molecule has 5 nitrogen and oxygen atoms in total. The molecule has 2 unspecified atom stereocenters. The Labute approximate surface area is 138 Å². The second-order valence-electron chi connectivity index (χ2n) is 5.71. The molecule has 7 heteroatoms. The van der Waals surface area contributed by atoms with Crippen molar-refractivity contribution in [2.24, 2.45) is 5.41 Å². The molecular formula is C15H17Cl2NO4. The third-order valence-electron chi connectivity index (χ3n) is 3.85. The van der Waals surface area contributed by atoms with Crippen molar-refractivity contribution in [3.05, 3.63) is 28.2 Å². The van der Waals surface area contributed by atoms with Gasteiger partial charge in [-0.2, -0.15) is 0 Å². The average molecular weight is 346 g/mol. The molecular weight excluding hydrogens is 329 g/mol. The fourth-order valence-electron chi connectivity index (χ4n) is 2.39. The Bertz CT molecular complexity index is 607. The number of carbonyl (C=O) groups excluding carboxylic acids is 1. The summed E-state index contributed by atoms with van der Waals surface area (Å²) in [7, 11) is 0. The van der Waals surface area contributed by atoms with Crippen LogP contribution in [0.3, 0.4) is 0 Å². The molecule has 0 aromatic heterocycles. The number of hydrogen-bond acceptors (Lipinski definition) is 3. The number of halogens is 2. The van der Waals surface area contributed by atoms with Gasteiger partial charge in [-0.1, -0.05) is 23.2 Å². The van der Waals surface area contributed by atoms with Gasteiger partial charge in [0.15, 0.2) is 6.10 Å². The Balaban J connectivity index is 2.01. The molecule has 0 spiro atoms. The van der Waals surface area contributed by atoms with Crippen molar-refractivity contribution in [1.29, 1.82) is 0 Å². The number of nitrogens with zero attached hydrogens (tertiary/aromatic N) is 1. The van der Waals surface area contributed by atoms with E-state index in [-0.39, 0.29) is 12.5 Å². The summed E-state index contributed by atoms with van der Waals surface area (Å²) in [5, 5.41) is 9.96. The highest BCUT2D eigenvalue weighted by atomic mass is 35.5. The van der Waals surface area contributed by atoms with E-state index in [1.165, 1.54) is 4.90 Å². The molecule has 0 aliphatic carbocycles. The van der Waals surface area contributed by atoms with Crippen molar-refractivity contribution in [2.45, 2.75) is 26.4 Å². The number of likely N-dealkylation sites (tertiary alicyclic amines) is 1. The zero-order valence-electron chi connectivity index (χ0n) is 12.3. The fourth-order valence-corrected chi connectivity index (χ4v) is 2.67. The Morgan fingerprint density at radius 2 is 2.05 bits per heavy atom. The van der Waals surface area contributed by atoms with Crippen molar-refractivity contribution in [2.75, 3.05) is 13.1 Å². The molecule has 1 amide bonds. The number of carboxylic acids is 1. The van der Waals surface area contributed by atoms with Gasteiger partial charge in [0.2, 0.25) is 0 Å². The lowest BCUT2D eigenvalue weighted by Crippen LogP contribution is -2.41. The lowest BCUT2D eigenvalue weighted by molar-refractivity contribution is -0.147. The Morgan fingerprint density at radius 1 is 1.36 bits per heavy atom. The van der Waals surface area contributed by atoms with Crippen LogP contribution in [0.1, 0.15) is 20.3 Å². The van der Waals surface area contributed by atoms with E-state index in [2.05, 4.69) is 0 Å². The molecule has 2 atom stereocenters. The van der Waals surface area contributed by atoms with E-state index in [1.54, 1.807) is 32.0 Å². The first kappa shape index (κ1) is 16.9. The summed E-state index contributed by atoms with van der Waals surface area (Å²) in [5.74, 6) is -0.688. The summed E-state index contributed by atoms with van der Waals surface area (Å²) >= 11 is 11.7. The van der Waals surface area contributed by atoms with Gasteiger partial charge in [0, 0.05) is 19.2 Å². The van der Waals surface area contributed by atoms with Gasteiger partial charge in [-0.3, -0.25) is 9.59 Å². The predicted octanol–water partition coefficient (Wildman–Crippen LogP) is 3.08. The monoisotopic (exact) mass is 345 g/mol. The molecule has 120 valence electrons. The zero-order valence-corrected chi connectivity index (χ0v) is 13.8. The second kappa shape index (κ2) is 6.34. The summed E-state index contributed by atoms with van der Waals surface area (Å²) in [4.78, 5) is 25.1. The van der Waals surface area contributed by atoms with E-state index < -0.39 is 17.5 Å². The highest BCUT2D eigenvalue weighted by molar-refractivity contribution is 6.42. The van der Waals surface area contributed by atoms with Crippen molar-refractivity contribution < 1.29 is 19.4 Å². The molecule has 22 heavy (non-hydrogen) atoms. The largest absolute Gasteiger partial charge is 0.481 e. The second-order valence-corrected chi connectivity index (χ2v) is 6.53. The van der Waals surface area contributed by atoms with Gasteiger partial charge < -0.3 is 14.7 Å².